The summed E-state index contributed by atoms with van der Waals surface area (Å²) in [5.74, 6) is 0.0550. The van der Waals surface area contributed by atoms with Gasteiger partial charge in [-0.1, -0.05) is 13.8 Å². The SMILES string of the molecule is CCC=C(O)OCCC. The third-order valence-electron chi connectivity index (χ3n) is 0.833. The van der Waals surface area contributed by atoms with E-state index in [1.54, 1.807) is 6.08 Å². The minimum absolute atomic E-state index is 0.0550. The van der Waals surface area contributed by atoms with E-state index in [-0.39, 0.29) is 5.95 Å². The maximum absolute atomic E-state index is 8.82. The molecule has 54 valence electrons. The Kier molecular flexibility index (Phi) is 5.07. The van der Waals surface area contributed by atoms with Gasteiger partial charge in [-0.2, -0.15) is 0 Å². The lowest BCUT2D eigenvalue weighted by atomic mass is 10.5. The van der Waals surface area contributed by atoms with Crippen LogP contribution in [0.3, 0.4) is 0 Å². The lowest BCUT2D eigenvalue weighted by Gasteiger charge is -2.00. The van der Waals surface area contributed by atoms with E-state index >= 15 is 0 Å². The molecule has 0 aliphatic carbocycles. The molecule has 0 saturated heterocycles. The largest absolute Gasteiger partial charge is 0.481 e. The van der Waals surface area contributed by atoms with Gasteiger partial charge < -0.3 is 9.84 Å². The Morgan fingerprint density at radius 3 is 2.67 bits per heavy atom. The van der Waals surface area contributed by atoms with Crippen molar-refractivity contribution >= 4 is 0 Å². The van der Waals surface area contributed by atoms with Crippen LogP contribution in [0.15, 0.2) is 12.0 Å². The number of aliphatic hydroxyl groups is 1. The second kappa shape index (κ2) is 5.48. The molecule has 0 aromatic rings. The lowest BCUT2D eigenvalue weighted by molar-refractivity contribution is 0.0925. The topological polar surface area (TPSA) is 29.5 Å². The van der Waals surface area contributed by atoms with Crippen molar-refractivity contribution in [1.29, 1.82) is 0 Å². The summed E-state index contributed by atoms with van der Waals surface area (Å²) in [6.45, 7) is 4.55. The van der Waals surface area contributed by atoms with E-state index < -0.39 is 0 Å². The van der Waals surface area contributed by atoms with Gasteiger partial charge in [0.15, 0.2) is 0 Å². The fourth-order valence-electron chi connectivity index (χ4n) is 0.440. The quantitative estimate of drug-likeness (QED) is 0.591. The Balaban J connectivity index is 3.25. The van der Waals surface area contributed by atoms with Crippen LogP contribution in [-0.4, -0.2) is 11.7 Å². The van der Waals surface area contributed by atoms with Crippen LogP contribution >= 0.6 is 0 Å². The van der Waals surface area contributed by atoms with Crippen molar-refractivity contribution in [2.45, 2.75) is 26.7 Å². The smallest absolute Gasteiger partial charge is 0.272 e. The Morgan fingerprint density at radius 1 is 1.56 bits per heavy atom. The summed E-state index contributed by atoms with van der Waals surface area (Å²) in [4.78, 5) is 0. The first-order chi connectivity index (χ1) is 4.31. The molecule has 0 aromatic heterocycles. The van der Waals surface area contributed by atoms with Gasteiger partial charge in [-0.3, -0.25) is 0 Å². The molecule has 0 saturated carbocycles. The summed E-state index contributed by atoms with van der Waals surface area (Å²) < 4.78 is 4.85. The first-order valence-corrected chi connectivity index (χ1v) is 3.33. The van der Waals surface area contributed by atoms with Gasteiger partial charge in [0, 0.05) is 0 Å². The molecule has 0 aromatic carbocycles. The van der Waals surface area contributed by atoms with Gasteiger partial charge in [-0.05, 0) is 18.9 Å². The van der Waals surface area contributed by atoms with Crippen LogP contribution in [0.1, 0.15) is 26.7 Å². The van der Waals surface area contributed by atoms with E-state index in [9.17, 15) is 0 Å². The molecule has 0 radical (unpaired) electrons. The molecular weight excluding hydrogens is 116 g/mol. The first-order valence-electron chi connectivity index (χ1n) is 3.33. The van der Waals surface area contributed by atoms with E-state index in [0.29, 0.717) is 6.61 Å². The Morgan fingerprint density at radius 2 is 2.22 bits per heavy atom. The molecule has 0 rings (SSSR count). The molecule has 0 unspecified atom stereocenters. The second-order valence-electron chi connectivity index (χ2n) is 1.80. The zero-order chi connectivity index (χ0) is 7.11. The van der Waals surface area contributed by atoms with Gasteiger partial charge in [-0.15, -0.1) is 0 Å². The summed E-state index contributed by atoms with van der Waals surface area (Å²) in [7, 11) is 0. The number of hydrogen-bond acceptors (Lipinski definition) is 2. The van der Waals surface area contributed by atoms with Crippen molar-refractivity contribution < 1.29 is 9.84 Å². The highest BCUT2D eigenvalue weighted by Gasteiger charge is 1.87. The van der Waals surface area contributed by atoms with E-state index in [2.05, 4.69) is 0 Å². The highest BCUT2D eigenvalue weighted by Crippen LogP contribution is 1.94. The maximum Gasteiger partial charge on any atom is 0.272 e. The maximum atomic E-state index is 8.82. The molecule has 9 heavy (non-hydrogen) atoms. The fraction of sp³-hybridized carbons (Fsp3) is 0.714. The molecule has 0 atom stereocenters. The average Bonchev–Trinajstić information content (AvgIpc) is 1.85. The first kappa shape index (κ1) is 8.34. The van der Waals surface area contributed by atoms with Crippen molar-refractivity contribution in [2.75, 3.05) is 6.61 Å². The van der Waals surface area contributed by atoms with Gasteiger partial charge in [0.25, 0.3) is 5.95 Å². The standard InChI is InChI=1S/C7H14O2/c1-3-5-7(8)9-6-4-2/h5,8H,3-4,6H2,1-2H3. The van der Waals surface area contributed by atoms with Crippen molar-refractivity contribution in [3.8, 4) is 0 Å². The number of rotatable bonds is 4. The summed E-state index contributed by atoms with van der Waals surface area (Å²) in [6.07, 6.45) is 3.40. The molecule has 0 aliphatic rings. The minimum Gasteiger partial charge on any atom is -0.481 e. The average molecular weight is 130 g/mol. The number of allylic oxidation sites excluding steroid dienone is 1. The van der Waals surface area contributed by atoms with Gasteiger partial charge in [0.05, 0.1) is 6.61 Å². The van der Waals surface area contributed by atoms with Crippen molar-refractivity contribution in [1.82, 2.24) is 0 Å². The van der Waals surface area contributed by atoms with E-state index in [4.69, 9.17) is 9.84 Å². The van der Waals surface area contributed by atoms with Crippen LogP contribution in [0.2, 0.25) is 0 Å². The Hall–Kier alpha value is -0.660. The molecule has 0 bridgehead atoms. The molecule has 0 heterocycles. The van der Waals surface area contributed by atoms with Crippen molar-refractivity contribution in [3.05, 3.63) is 12.0 Å². The van der Waals surface area contributed by atoms with Crippen LogP contribution < -0.4 is 0 Å². The van der Waals surface area contributed by atoms with Crippen LogP contribution in [-0.2, 0) is 4.74 Å². The third kappa shape index (κ3) is 5.21. The van der Waals surface area contributed by atoms with Crippen LogP contribution in [0.25, 0.3) is 0 Å². The zero-order valence-corrected chi connectivity index (χ0v) is 6.05. The van der Waals surface area contributed by atoms with Crippen molar-refractivity contribution in [2.24, 2.45) is 0 Å². The van der Waals surface area contributed by atoms with E-state index in [0.717, 1.165) is 12.8 Å². The normalized spacial score (nSPS) is 11.6. The predicted octanol–water partition coefficient (Wildman–Crippen LogP) is 2.22. The summed E-state index contributed by atoms with van der Waals surface area (Å²) in [5.41, 5.74) is 0. The Labute approximate surface area is 56.1 Å². The second-order valence-corrected chi connectivity index (χ2v) is 1.80. The molecule has 0 amide bonds. The number of aliphatic hydroxyl groups excluding tert-OH is 1. The van der Waals surface area contributed by atoms with Gasteiger partial charge in [0.2, 0.25) is 0 Å². The number of ether oxygens (including phenoxy) is 1. The molecular formula is C7H14O2. The molecule has 2 nitrogen and oxygen atoms in total. The third-order valence-corrected chi connectivity index (χ3v) is 0.833. The van der Waals surface area contributed by atoms with E-state index in [1.165, 1.54) is 0 Å². The monoisotopic (exact) mass is 130 g/mol. The van der Waals surface area contributed by atoms with Crippen LogP contribution in [0.5, 0.6) is 0 Å². The van der Waals surface area contributed by atoms with Gasteiger partial charge in [0.1, 0.15) is 0 Å². The van der Waals surface area contributed by atoms with Crippen molar-refractivity contribution in [3.63, 3.8) is 0 Å². The molecule has 0 aliphatic heterocycles. The van der Waals surface area contributed by atoms with E-state index in [1.807, 2.05) is 13.8 Å². The highest BCUT2D eigenvalue weighted by molar-refractivity contribution is 4.79. The Bertz CT molecular complexity index is 86.9. The highest BCUT2D eigenvalue weighted by atomic mass is 16.6. The zero-order valence-electron chi connectivity index (χ0n) is 6.05. The summed E-state index contributed by atoms with van der Waals surface area (Å²) >= 11 is 0. The molecule has 0 fully saturated rings. The molecule has 1 N–H and O–H groups in total. The fourth-order valence-corrected chi connectivity index (χ4v) is 0.440. The number of hydrogen-bond donors (Lipinski definition) is 1. The molecule has 2 heteroatoms. The van der Waals surface area contributed by atoms with Crippen LogP contribution in [0.4, 0.5) is 0 Å². The predicted molar refractivity (Wildman–Crippen MR) is 37.2 cm³/mol. The summed E-state index contributed by atoms with van der Waals surface area (Å²) in [6, 6.07) is 0. The van der Waals surface area contributed by atoms with Crippen LogP contribution in [0, 0.1) is 0 Å². The molecule has 0 spiro atoms. The summed E-state index contributed by atoms with van der Waals surface area (Å²) in [5, 5.41) is 8.82. The van der Waals surface area contributed by atoms with Gasteiger partial charge >= 0.3 is 0 Å². The minimum atomic E-state index is 0.0550. The van der Waals surface area contributed by atoms with Gasteiger partial charge in [-0.25, -0.2) is 0 Å². The lowest BCUT2D eigenvalue weighted by Crippen LogP contribution is -1.91.